The summed E-state index contributed by atoms with van der Waals surface area (Å²) < 4.78 is 0. The van der Waals surface area contributed by atoms with E-state index in [1.165, 1.54) is 11.1 Å². The Morgan fingerprint density at radius 3 is 2.72 bits per heavy atom. The molecule has 2 aromatic carbocycles. The quantitative estimate of drug-likeness (QED) is 0.935. The lowest BCUT2D eigenvalue weighted by Crippen LogP contribution is -2.39. The molecule has 4 rings (SSSR count). The summed E-state index contributed by atoms with van der Waals surface area (Å²) >= 11 is 0. The zero-order valence-corrected chi connectivity index (χ0v) is 14.5. The minimum atomic E-state index is -0.00250. The number of nitrogens with one attached hydrogen (secondary N) is 1. The molecule has 2 aliphatic heterocycles. The lowest BCUT2D eigenvalue weighted by Gasteiger charge is -2.35. The second kappa shape index (κ2) is 6.36. The summed E-state index contributed by atoms with van der Waals surface area (Å²) in [5.74, 6) is 0.224. The van der Waals surface area contributed by atoms with E-state index in [1.54, 1.807) is 0 Å². The first-order valence-electron chi connectivity index (χ1n) is 8.92. The van der Waals surface area contributed by atoms with Crippen molar-refractivity contribution in [3.63, 3.8) is 0 Å². The number of rotatable bonds is 3. The van der Waals surface area contributed by atoms with Crippen LogP contribution in [0.25, 0.3) is 0 Å². The maximum Gasteiger partial charge on any atom is 0.228 e. The van der Waals surface area contributed by atoms with Crippen LogP contribution in [-0.4, -0.2) is 18.4 Å². The van der Waals surface area contributed by atoms with Crippen molar-refractivity contribution in [1.82, 2.24) is 0 Å². The summed E-state index contributed by atoms with van der Waals surface area (Å²) in [6.07, 6.45) is 3.65. The Labute approximate surface area is 147 Å². The van der Waals surface area contributed by atoms with Crippen LogP contribution in [0.1, 0.15) is 35.1 Å². The topological polar surface area (TPSA) is 49.4 Å². The van der Waals surface area contributed by atoms with Gasteiger partial charge in [-0.05, 0) is 55.0 Å². The van der Waals surface area contributed by atoms with Crippen molar-refractivity contribution >= 4 is 23.2 Å². The number of amides is 2. The summed E-state index contributed by atoms with van der Waals surface area (Å²) in [5.41, 5.74) is 6.49. The first-order valence-corrected chi connectivity index (χ1v) is 8.92. The second-order valence-corrected chi connectivity index (χ2v) is 7.01. The number of hydrogen-bond donors (Lipinski definition) is 1. The number of carbonyl (C=O) groups is 2. The molecule has 0 fully saturated rings. The Morgan fingerprint density at radius 2 is 1.92 bits per heavy atom. The van der Waals surface area contributed by atoms with Crippen molar-refractivity contribution < 1.29 is 9.59 Å². The fourth-order valence-electron chi connectivity index (χ4n) is 3.94. The van der Waals surface area contributed by atoms with E-state index < -0.39 is 0 Å². The van der Waals surface area contributed by atoms with Crippen LogP contribution in [0.4, 0.5) is 11.4 Å². The van der Waals surface area contributed by atoms with Crippen molar-refractivity contribution in [2.75, 3.05) is 16.8 Å². The molecule has 0 aliphatic carbocycles. The standard InChI is InChI=1S/C21H22N2O2/c1-14-4-2-5-15(10-14)11-19(24)22-18-12-16-6-3-9-23-20(25)8-7-17(13-18)21(16)23/h2,4-5,10,12-13H,3,6-9,11H2,1H3,(H,22,24). The van der Waals surface area contributed by atoms with Crippen LogP contribution in [0.2, 0.25) is 0 Å². The number of hydrogen-bond acceptors (Lipinski definition) is 2. The Morgan fingerprint density at radius 1 is 1.12 bits per heavy atom. The van der Waals surface area contributed by atoms with Crippen LogP contribution in [0.5, 0.6) is 0 Å². The summed E-state index contributed by atoms with van der Waals surface area (Å²) in [5, 5.41) is 3.04. The van der Waals surface area contributed by atoms with Gasteiger partial charge in [-0.1, -0.05) is 29.8 Å². The molecule has 0 saturated heterocycles. The Hall–Kier alpha value is -2.62. The van der Waals surface area contributed by atoms with E-state index in [4.69, 9.17) is 0 Å². The molecule has 2 aliphatic rings. The molecule has 2 heterocycles. The highest BCUT2D eigenvalue weighted by molar-refractivity contribution is 5.99. The van der Waals surface area contributed by atoms with E-state index in [9.17, 15) is 9.59 Å². The van der Waals surface area contributed by atoms with Crippen molar-refractivity contribution in [2.45, 2.75) is 39.0 Å². The van der Waals surface area contributed by atoms with Crippen LogP contribution in [0.15, 0.2) is 36.4 Å². The van der Waals surface area contributed by atoms with Crippen molar-refractivity contribution in [2.24, 2.45) is 0 Å². The molecule has 0 radical (unpaired) electrons. The van der Waals surface area contributed by atoms with Gasteiger partial charge in [0.15, 0.2) is 0 Å². The maximum atomic E-state index is 12.4. The fraction of sp³-hybridized carbons (Fsp3) is 0.333. The fourth-order valence-corrected chi connectivity index (χ4v) is 3.94. The number of benzene rings is 2. The molecule has 0 saturated carbocycles. The Kier molecular flexibility index (Phi) is 4.04. The molecule has 0 atom stereocenters. The summed E-state index contributed by atoms with van der Waals surface area (Å²) in [4.78, 5) is 26.5. The third-order valence-corrected chi connectivity index (χ3v) is 5.01. The van der Waals surface area contributed by atoms with Gasteiger partial charge < -0.3 is 10.2 Å². The van der Waals surface area contributed by atoms with Crippen LogP contribution in [-0.2, 0) is 28.9 Å². The summed E-state index contributed by atoms with van der Waals surface area (Å²) in [7, 11) is 0. The Balaban J connectivity index is 1.56. The average molecular weight is 334 g/mol. The number of aryl methyl sites for hydroxylation is 3. The van der Waals surface area contributed by atoms with E-state index in [0.717, 1.165) is 48.3 Å². The lowest BCUT2D eigenvalue weighted by atomic mass is 9.91. The summed E-state index contributed by atoms with van der Waals surface area (Å²) in [6, 6.07) is 12.1. The van der Waals surface area contributed by atoms with Gasteiger partial charge in [0.1, 0.15) is 0 Å². The van der Waals surface area contributed by atoms with E-state index in [-0.39, 0.29) is 11.8 Å². The molecule has 0 bridgehead atoms. The zero-order valence-electron chi connectivity index (χ0n) is 14.5. The van der Waals surface area contributed by atoms with Crippen LogP contribution >= 0.6 is 0 Å². The number of nitrogens with zero attached hydrogens (tertiary/aromatic N) is 1. The van der Waals surface area contributed by atoms with Crippen molar-refractivity contribution in [1.29, 1.82) is 0 Å². The van der Waals surface area contributed by atoms with Gasteiger partial charge >= 0.3 is 0 Å². The van der Waals surface area contributed by atoms with Crippen LogP contribution < -0.4 is 10.2 Å². The van der Waals surface area contributed by atoms with Crippen molar-refractivity contribution in [3.05, 3.63) is 58.7 Å². The molecule has 4 nitrogen and oxygen atoms in total. The smallest absolute Gasteiger partial charge is 0.228 e. The normalized spacial score (nSPS) is 15.7. The highest BCUT2D eigenvalue weighted by Gasteiger charge is 2.29. The predicted octanol–water partition coefficient (Wildman–Crippen LogP) is 3.40. The van der Waals surface area contributed by atoms with E-state index in [0.29, 0.717) is 12.8 Å². The zero-order chi connectivity index (χ0) is 17.4. The van der Waals surface area contributed by atoms with Gasteiger partial charge in [-0.15, -0.1) is 0 Å². The van der Waals surface area contributed by atoms with Crippen LogP contribution in [0, 0.1) is 6.92 Å². The molecule has 0 spiro atoms. The minimum Gasteiger partial charge on any atom is -0.326 e. The van der Waals surface area contributed by atoms with Gasteiger partial charge in [0, 0.05) is 18.7 Å². The van der Waals surface area contributed by atoms with Crippen molar-refractivity contribution in [3.8, 4) is 0 Å². The minimum absolute atomic E-state index is 0.00250. The third-order valence-electron chi connectivity index (χ3n) is 5.01. The monoisotopic (exact) mass is 334 g/mol. The lowest BCUT2D eigenvalue weighted by molar-refractivity contribution is -0.119. The summed E-state index contributed by atoms with van der Waals surface area (Å²) in [6.45, 7) is 2.85. The molecule has 25 heavy (non-hydrogen) atoms. The van der Waals surface area contributed by atoms with E-state index in [2.05, 4.69) is 5.32 Å². The Bertz CT molecular complexity index is 840. The molecule has 2 aromatic rings. The van der Waals surface area contributed by atoms with Gasteiger partial charge in [0.25, 0.3) is 0 Å². The maximum absolute atomic E-state index is 12.4. The molecular weight excluding hydrogens is 312 g/mol. The van der Waals surface area contributed by atoms with E-state index >= 15 is 0 Å². The predicted molar refractivity (Wildman–Crippen MR) is 98.9 cm³/mol. The SMILES string of the molecule is Cc1cccc(CC(=O)Nc2cc3c4c(c2)CCC(=O)N4CCC3)c1. The van der Waals surface area contributed by atoms with Crippen LogP contribution in [0.3, 0.4) is 0 Å². The molecule has 0 unspecified atom stereocenters. The molecular formula is C21H22N2O2. The first kappa shape index (κ1) is 15.9. The van der Waals surface area contributed by atoms with Gasteiger partial charge in [-0.2, -0.15) is 0 Å². The molecule has 128 valence electrons. The molecule has 2 amide bonds. The average Bonchev–Trinajstić information content (AvgIpc) is 2.58. The highest BCUT2D eigenvalue weighted by Crippen LogP contribution is 2.37. The van der Waals surface area contributed by atoms with Gasteiger partial charge in [-0.25, -0.2) is 0 Å². The largest absolute Gasteiger partial charge is 0.326 e. The number of anilines is 2. The van der Waals surface area contributed by atoms with Gasteiger partial charge in [-0.3, -0.25) is 9.59 Å². The number of carbonyl (C=O) groups excluding carboxylic acids is 2. The van der Waals surface area contributed by atoms with E-state index in [1.807, 2.05) is 48.2 Å². The molecule has 0 aromatic heterocycles. The molecule has 4 heteroatoms. The highest BCUT2D eigenvalue weighted by atomic mass is 16.2. The molecule has 1 N–H and O–H groups in total. The third kappa shape index (κ3) is 3.16. The van der Waals surface area contributed by atoms with Gasteiger partial charge in [0.2, 0.25) is 11.8 Å². The second-order valence-electron chi connectivity index (χ2n) is 7.01. The first-order chi connectivity index (χ1) is 12.1. The van der Waals surface area contributed by atoms with Gasteiger partial charge in [0.05, 0.1) is 12.1 Å².